The number of halogens is 8. The van der Waals surface area contributed by atoms with Gasteiger partial charge in [-0.15, -0.1) is 0 Å². The molecular formula is C42H63F8N5O7S. The third-order valence-corrected chi connectivity index (χ3v) is 12.5. The summed E-state index contributed by atoms with van der Waals surface area (Å²) in [5, 5.41) is 13.3. The highest BCUT2D eigenvalue weighted by molar-refractivity contribution is 7.84. The molecule has 1 unspecified atom stereocenters. The molecule has 1 atom stereocenters. The van der Waals surface area contributed by atoms with E-state index in [9.17, 15) is 68.6 Å². The number of rotatable bonds is 28. The van der Waals surface area contributed by atoms with Gasteiger partial charge in [0, 0.05) is 47.9 Å². The van der Waals surface area contributed by atoms with E-state index in [-0.39, 0.29) is 36.5 Å². The first-order chi connectivity index (χ1) is 29.5. The summed E-state index contributed by atoms with van der Waals surface area (Å²) in [5.74, 6) is -5.65. The van der Waals surface area contributed by atoms with Crippen LogP contribution in [0.1, 0.15) is 155 Å². The van der Waals surface area contributed by atoms with E-state index in [4.69, 9.17) is 0 Å². The summed E-state index contributed by atoms with van der Waals surface area (Å²) in [4.78, 5) is 61.7. The fourth-order valence-electron chi connectivity index (χ4n) is 7.23. The van der Waals surface area contributed by atoms with Crippen molar-refractivity contribution < 1.29 is 63.4 Å². The number of nitro benzene ring substituents is 1. The summed E-state index contributed by atoms with van der Waals surface area (Å²) in [6, 6.07) is 0.952. The molecule has 2 fully saturated rings. The highest BCUT2D eigenvalue weighted by Gasteiger charge is 2.56. The van der Waals surface area contributed by atoms with Gasteiger partial charge in [0.25, 0.3) is 11.6 Å². The van der Waals surface area contributed by atoms with Crippen molar-refractivity contribution in [3.63, 3.8) is 0 Å². The number of amides is 6. The zero-order chi connectivity index (χ0) is 47.4. The number of nitrogens with one attached hydrogen (secondary N) is 1. The van der Waals surface area contributed by atoms with Gasteiger partial charge < -0.3 is 9.80 Å². The number of alkyl halides is 8. The molecule has 0 radical (unpaired) electrons. The lowest BCUT2D eigenvalue weighted by molar-refractivity contribution is -0.388. The number of carbonyl (C=O) groups is 4. The van der Waals surface area contributed by atoms with E-state index in [1.54, 1.807) is 4.90 Å². The molecule has 0 spiro atoms. The summed E-state index contributed by atoms with van der Waals surface area (Å²) in [7, 11) is -1.45. The summed E-state index contributed by atoms with van der Waals surface area (Å²) in [5.41, 5.74) is -4.50. The van der Waals surface area contributed by atoms with Gasteiger partial charge in [0.05, 0.1) is 10.6 Å². The van der Waals surface area contributed by atoms with Gasteiger partial charge in [0.2, 0.25) is 5.91 Å². The molecule has 6 amide bonds. The van der Waals surface area contributed by atoms with Crippen LogP contribution in [0.3, 0.4) is 0 Å². The average Bonchev–Trinajstić information content (AvgIpc) is 3.60. The number of imide groups is 2. The third kappa shape index (κ3) is 18.2. The van der Waals surface area contributed by atoms with Gasteiger partial charge in [-0.25, -0.2) is 14.5 Å². The molecule has 21 heteroatoms. The number of anilines is 1. The second-order valence-electron chi connectivity index (χ2n) is 16.5. The molecule has 0 aromatic heterocycles. The normalized spacial score (nSPS) is 16.1. The van der Waals surface area contributed by atoms with Crippen LogP contribution in [0.25, 0.3) is 0 Å². The van der Waals surface area contributed by atoms with Crippen LogP contribution in [0.2, 0.25) is 0 Å². The zero-order valence-electron chi connectivity index (χ0n) is 36.5. The first kappa shape index (κ1) is 55.2. The Balaban J connectivity index is 0.000000631. The maximum absolute atomic E-state index is 13.4. The van der Waals surface area contributed by atoms with Gasteiger partial charge >= 0.3 is 30.3 Å². The predicted octanol–water partition coefficient (Wildman–Crippen LogP) is 11.5. The van der Waals surface area contributed by atoms with Crippen LogP contribution >= 0.6 is 0 Å². The number of hydrogen-bond donors (Lipinski definition) is 1. The van der Waals surface area contributed by atoms with Crippen LogP contribution in [0, 0.1) is 10.1 Å². The maximum Gasteiger partial charge on any atom is 0.453 e. The smallest absolute Gasteiger partial charge is 0.315 e. The topological polar surface area (TPSA) is 150 Å². The second-order valence-corrected chi connectivity index (χ2v) is 18.2. The van der Waals surface area contributed by atoms with E-state index >= 15 is 0 Å². The van der Waals surface area contributed by atoms with Gasteiger partial charge in [0.15, 0.2) is 0 Å². The highest BCUT2D eigenvalue weighted by Crippen LogP contribution is 2.41. The number of hydrogen-bond acceptors (Lipinski definition) is 7. The third-order valence-electron chi connectivity index (χ3n) is 11.0. The van der Waals surface area contributed by atoms with Crippen LogP contribution in [-0.4, -0.2) is 91.6 Å². The Bertz CT molecular complexity index is 1680. The largest absolute Gasteiger partial charge is 0.453 e. The fourth-order valence-corrected chi connectivity index (χ4v) is 8.43. The molecule has 2 saturated heterocycles. The minimum absolute atomic E-state index is 0.170. The number of nitrogens with zero attached hydrogens (tertiary/aromatic N) is 4. The molecule has 63 heavy (non-hydrogen) atoms. The van der Waals surface area contributed by atoms with E-state index in [1.165, 1.54) is 63.7 Å². The van der Waals surface area contributed by atoms with Crippen molar-refractivity contribution in [2.24, 2.45) is 0 Å². The molecule has 2 heterocycles. The number of unbranched alkanes of at least 4 members (excludes halogenated alkanes) is 16. The Morgan fingerprint density at radius 2 is 1.22 bits per heavy atom. The fraction of sp³-hybridized carbons (Fsp3) is 0.762. The van der Waals surface area contributed by atoms with E-state index in [2.05, 4.69) is 12.2 Å². The quantitative estimate of drug-likeness (QED) is 0.0289. The van der Waals surface area contributed by atoms with Crippen LogP contribution in [0.15, 0.2) is 18.2 Å². The summed E-state index contributed by atoms with van der Waals surface area (Å²) in [6.45, 7) is 6.33. The van der Waals surface area contributed by atoms with E-state index < -0.39 is 81.3 Å². The van der Waals surface area contributed by atoms with E-state index in [1.807, 2.05) is 0 Å². The molecule has 2 aliphatic rings. The minimum Gasteiger partial charge on any atom is -0.315 e. The number of urea groups is 2. The lowest BCUT2D eigenvalue weighted by Crippen LogP contribution is -2.44. The van der Waals surface area contributed by atoms with Gasteiger partial charge in [-0.2, -0.15) is 35.1 Å². The average molecular weight is 934 g/mol. The van der Waals surface area contributed by atoms with Crippen molar-refractivity contribution in [1.82, 2.24) is 15.1 Å². The van der Waals surface area contributed by atoms with Crippen LogP contribution in [0.4, 0.5) is 56.1 Å². The standard InChI is InChI=1S/C28H37F8N3O5S.C14H26N2O2/c1-25(2)23(40)38(20-13-14-22(39(42)43)21(19-20)27(31,32)33)24(41)37(25)16-10-8-6-4-3-5-7-9-11-17-45(44)18-12-15-26(29,30)28(34,35)36;1-2-3-4-5-6-7-8-9-10-11-16-12-13(17)15-14(16)18/h13-14,19H,3-12,15-18H2,1-2H3;2-12H2,1H3,(H,15,17,18). The zero-order valence-corrected chi connectivity index (χ0v) is 37.3. The van der Waals surface area contributed by atoms with Crippen LogP contribution in [0.5, 0.6) is 0 Å². The van der Waals surface area contributed by atoms with E-state index in [0.717, 1.165) is 63.9 Å². The summed E-state index contributed by atoms with van der Waals surface area (Å²) < 4.78 is 114. The van der Waals surface area contributed by atoms with Gasteiger partial charge in [-0.1, -0.05) is 103 Å². The SMILES string of the molecule is CC1(C)C(=O)N(c2ccc([N+](=O)[O-])c(C(F)(F)F)c2)C(=O)N1CCCCCCCCCCCS(=O)CCCC(F)(F)C(F)(F)F.CCCCCCCCCCCN1CC(=O)NC1=O. The number of carbonyl (C=O) groups excluding carboxylic acids is 4. The van der Waals surface area contributed by atoms with Gasteiger partial charge in [-0.05, 0) is 51.7 Å². The molecule has 1 aromatic rings. The van der Waals surface area contributed by atoms with Crippen LogP contribution in [-0.2, 0) is 26.6 Å². The Hall–Kier alpha value is -3.91. The van der Waals surface area contributed by atoms with Crippen LogP contribution < -0.4 is 10.2 Å². The molecule has 2 aliphatic heterocycles. The van der Waals surface area contributed by atoms with Crippen molar-refractivity contribution in [1.29, 1.82) is 0 Å². The first-order valence-corrected chi connectivity index (χ1v) is 23.3. The maximum atomic E-state index is 13.4. The second kappa shape index (κ2) is 26.1. The molecule has 0 aliphatic carbocycles. The van der Waals surface area contributed by atoms with Crippen molar-refractivity contribution in [2.45, 2.75) is 173 Å². The Labute approximate surface area is 366 Å². The molecule has 360 valence electrons. The molecule has 12 nitrogen and oxygen atoms in total. The monoisotopic (exact) mass is 933 g/mol. The molecule has 3 rings (SSSR count). The minimum atomic E-state index is -5.60. The lowest BCUT2D eigenvalue weighted by atomic mass is 10.0. The molecule has 0 saturated carbocycles. The summed E-state index contributed by atoms with van der Waals surface area (Å²) in [6.07, 6.45) is 5.83. The van der Waals surface area contributed by atoms with Crippen molar-refractivity contribution in [3.8, 4) is 0 Å². The van der Waals surface area contributed by atoms with Crippen molar-refractivity contribution in [2.75, 3.05) is 36.0 Å². The number of nitro groups is 1. The predicted molar refractivity (Wildman–Crippen MR) is 224 cm³/mol. The van der Waals surface area contributed by atoms with Crippen molar-refractivity contribution in [3.05, 3.63) is 33.9 Å². The summed E-state index contributed by atoms with van der Waals surface area (Å²) >= 11 is 0. The molecular weight excluding hydrogens is 871 g/mol. The van der Waals surface area contributed by atoms with Gasteiger partial charge in [0.1, 0.15) is 17.6 Å². The number of benzene rings is 1. The van der Waals surface area contributed by atoms with Crippen molar-refractivity contribution >= 4 is 46.1 Å². The highest BCUT2D eigenvalue weighted by atomic mass is 32.2. The van der Waals surface area contributed by atoms with Gasteiger partial charge in [-0.3, -0.25) is 29.2 Å². The van der Waals surface area contributed by atoms with E-state index in [0.29, 0.717) is 36.4 Å². The lowest BCUT2D eigenvalue weighted by Gasteiger charge is -2.27. The Kier molecular flexibility index (Phi) is 22.9. The Morgan fingerprint density at radius 3 is 1.70 bits per heavy atom. The molecule has 1 aromatic carbocycles. The Morgan fingerprint density at radius 1 is 0.730 bits per heavy atom. The molecule has 1 N–H and O–H groups in total. The molecule has 0 bridgehead atoms. The first-order valence-electron chi connectivity index (χ1n) is 21.9.